The third-order valence-corrected chi connectivity index (χ3v) is 7.06. The monoisotopic (exact) mass is 499 g/mol. The van der Waals surface area contributed by atoms with E-state index in [4.69, 9.17) is 9.72 Å². The van der Waals surface area contributed by atoms with Gasteiger partial charge < -0.3 is 9.30 Å². The van der Waals surface area contributed by atoms with Gasteiger partial charge in [-0.1, -0.05) is 55.1 Å². The molecular weight excluding hydrogens is 474 g/mol. The Kier molecular flexibility index (Phi) is 7.68. The van der Waals surface area contributed by atoms with Crippen LogP contribution in [0.2, 0.25) is 0 Å². The van der Waals surface area contributed by atoms with Crippen molar-refractivity contribution >= 4 is 62.2 Å². The summed E-state index contributed by atoms with van der Waals surface area (Å²) in [5, 5.41) is 21.3. The zero-order chi connectivity index (χ0) is 24.1. The number of thioether (sulfide) groups is 1. The van der Waals surface area contributed by atoms with Crippen molar-refractivity contribution in [1.29, 1.82) is 0 Å². The van der Waals surface area contributed by atoms with Crippen LogP contribution in [-0.4, -0.2) is 53.7 Å². The van der Waals surface area contributed by atoms with Gasteiger partial charge in [-0.2, -0.15) is 0 Å². The lowest BCUT2D eigenvalue weighted by molar-refractivity contribution is -0.142. The molecule has 0 bridgehead atoms. The molecule has 1 atom stereocenters. The van der Waals surface area contributed by atoms with E-state index in [0.29, 0.717) is 28.3 Å². The third-order valence-electron chi connectivity index (χ3n) is 5.01. The smallest absolute Gasteiger partial charge is 0.312 e. The van der Waals surface area contributed by atoms with Gasteiger partial charge in [-0.3, -0.25) is 14.9 Å². The minimum atomic E-state index is -0.444. The van der Waals surface area contributed by atoms with Gasteiger partial charge in [0.15, 0.2) is 5.65 Å². The van der Waals surface area contributed by atoms with E-state index in [1.54, 1.807) is 6.92 Å². The number of esters is 1. The van der Waals surface area contributed by atoms with Gasteiger partial charge in [0.2, 0.25) is 16.2 Å². The molecule has 4 aromatic rings. The maximum atomic E-state index is 12.9. The molecule has 1 aromatic carbocycles. The van der Waals surface area contributed by atoms with Crippen LogP contribution in [0.3, 0.4) is 0 Å². The Morgan fingerprint density at radius 2 is 1.97 bits per heavy atom. The zero-order valence-electron chi connectivity index (χ0n) is 19.1. The second kappa shape index (κ2) is 10.9. The lowest BCUT2D eigenvalue weighted by Gasteiger charge is -2.12. The number of amides is 1. The number of hydrogen-bond acceptors (Lipinski definition) is 10. The number of hydrogen-bond donors (Lipinski definition) is 1. The van der Waals surface area contributed by atoms with Gasteiger partial charge >= 0.3 is 5.97 Å². The van der Waals surface area contributed by atoms with Gasteiger partial charge in [0.05, 0.1) is 23.8 Å². The fourth-order valence-electron chi connectivity index (χ4n) is 3.54. The summed E-state index contributed by atoms with van der Waals surface area (Å²) in [5.74, 6) is -0.608. The van der Waals surface area contributed by atoms with E-state index in [1.807, 2.05) is 25.1 Å². The maximum Gasteiger partial charge on any atom is 0.312 e. The van der Waals surface area contributed by atoms with Crippen LogP contribution in [-0.2, 0) is 27.3 Å². The largest absolute Gasteiger partial charge is 0.466 e. The first kappa shape index (κ1) is 24.0. The number of fused-ring (bicyclic) bond motifs is 3. The van der Waals surface area contributed by atoms with Gasteiger partial charge in [0.25, 0.3) is 0 Å². The summed E-state index contributed by atoms with van der Waals surface area (Å²) in [6.07, 6.45) is 1.54. The molecule has 4 rings (SSSR count). The average Bonchev–Trinajstić information content (AvgIpc) is 3.39. The topological polar surface area (TPSA) is 125 Å². The molecule has 12 heteroatoms. The summed E-state index contributed by atoms with van der Waals surface area (Å²) in [6.45, 7) is 6.90. The Labute approximate surface area is 204 Å². The van der Waals surface area contributed by atoms with E-state index in [-0.39, 0.29) is 18.3 Å². The van der Waals surface area contributed by atoms with E-state index >= 15 is 0 Å². The molecule has 1 amide bonds. The molecule has 0 spiro atoms. The molecule has 3 aromatic heterocycles. The normalized spacial score (nSPS) is 12.2. The number of para-hydroxylation sites is 1. The van der Waals surface area contributed by atoms with Crippen LogP contribution in [0.1, 0.15) is 38.6 Å². The summed E-state index contributed by atoms with van der Waals surface area (Å²) in [6, 6.07) is 8.06. The maximum absolute atomic E-state index is 12.9. The first-order chi connectivity index (χ1) is 16.5. The Hall–Kier alpha value is -3.12. The fraction of sp³-hybridized carbons (Fsp3) is 0.409. The van der Waals surface area contributed by atoms with Crippen molar-refractivity contribution in [1.82, 2.24) is 29.9 Å². The third kappa shape index (κ3) is 5.17. The molecular formula is C22H25N7O3S2. The highest BCUT2D eigenvalue weighted by Crippen LogP contribution is 2.29. The molecule has 0 aliphatic rings. The standard InChI is InChI=1S/C22H25N7O3S2/c1-4-11-29-14-10-8-7-9-13(14)18-19(29)23-21(28-26-18)33-15(5-2)20(31)24-22-27-25-16(34-22)12-17(30)32-6-3/h7-10,15H,4-6,11-12H2,1-3H3,(H,24,27,31). The number of benzene rings is 1. The highest BCUT2D eigenvalue weighted by atomic mass is 32.2. The number of aromatic nitrogens is 6. The summed E-state index contributed by atoms with van der Waals surface area (Å²) in [5.41, 5.74) is 2.60. The van der Waals surface area contributed by atoms with Crippen molar-refractivity contribution in [3.8, 4) is 0 Å². The predicted molar refractivity (Wildman–Crippen MR) is 132 cm³/mol. The number of aryl methyl sites for hydroxylation is 1. The quantitative estimate of drug-likeness (QED) is 0.256. The molecule has 34 heavy (non-hydrogen) atoms. The molecule has 0 aliphatic heterocycles. The molecule has 1 N–H and O–H groups in total. The van der Waals surface area contributed by atoms with Crippen LogP contribution >= 0.6 is 23.1 Å². The van der Waals surface area contributed by atoms with Crippen molar-refractivity contribution in [2.75, 3.05) is 11.9 Å². The summed E-state index contributed by atoms with van der Waals surface area (Å²) >= 11 is 2.41. The lowest BCUT2D eigenvalue weighted by Crippen LogP contribution is -2.24. The van der Waals surface area contributed by atoms with Crippen LogP contribution < -0.4 is 5.32 Å². The van der Waals surface area contributed by atoms with Crippen molar-refractivity contribution in [3.05, 3.63) is 29.3 Å². The van der Waals surface area contributed by atoms with Gasteiger partial charge in [0, 0.05) is 11.9 Å². The number of carbonyl (C=O) groups excluding carboxylic acids is 2. The number of ether oxygens (including phenoxy) is 1. The molecule has 0 saturated carbocycles. The SMILES string of the molecule is CCCn1c2ccccc2c2nnc(SC(CC)C(=O)Nc3nnc(CC(=O)OCC)s3)nc21. The summed E-state index contributed by atoms with van der Waals surface area (Å²) in [7, 11) is 0. The molecule has 1 unspecified atom stereocenters. The van der Waals surface area contributed by atoms with Crippen molar-refractivity contribution < 1.29 is 14.3 Å². The second-order valence-corrected chi connectivity index (χ2v) is 9.65. The zero-order valence-corrected chi connectivity index (χ0v) is 20.8. The Morgan fingerprint density at radius 3 is 2.74 bits per heavy atom. The Morgan fingerprint density at radius 1 is 1.15 bits per heavy atom. The van der Waals surface area contributed by atoms with E-state index in [2.05, 4.69) is 43.3 Å². The van der Waals surface area contributed by atoms with Crippen molar-refractivity contribution in [3.63, 3.8) is 0 Å². The van der Waals surface area contributed by atoms with Crippen LogP contribution in [0.5, 0.6) is 0 Å². The second-order valence-electron chi connectivity index (χ2n) is 7.42. The van der Waals surface area contributed by atoms with Gasteiger partial charge in [0.1, 0.15) is 10.5 Å². The molecule has 3 heterocycles. The van der Waals surface area contributed by atoms with Crippen molar-refractivity contribution in [2.24, 2.45) is 0 Å². The van der Waals surface area contributed by atoms with E-state index in [0.717, 1.165) is 46.4 Å². The number of nitrogens with zero attached hydrogens (tertiary/aromatic N) is 6. The first-order valence-electron chi connectivity index (χ1n) is 11.1. The Bertz CT molecular complexity index is 1320. The summed E-state index contributed by atoms with van der Waals surface area (Å²) < 4.78 is 7.07. The van der Waals surface area contributed by atoms with E-state index < -0.39 is 5.25 Å². The summed E-state index contributed by atoms with van der Waals surface area (Å²) in [4.78, 5) is 29.3. The lowest BCUT2D eigenvalue weighted by atomic mass is 10.2. The minimum Gasteiger partial charge on any atom is -0.466 e. The number of carbonyl (C=O) groups is 2. The predicted octanol–water partition coefficient (Wildman–Crippen LogP) is 3.86. The number of nitrogens with one attached hydrogen (secondary N) is 1. The highest BCUT2D eigenvalue weighted by molar-refractivity contribution is 8.00. The molecule has 10 nitrogen and oxygen atoms in total. The highest BCUT2D eigenvalue weighted by Gasteiger charge is 2.23. The van der Waals surface area contributed by atoms with Crippen LogP contribution in [0.25, 0.3) is 22.1 Å². The minimum absolute atomic E-state index is 0.0264. The van der Waals surface area contributed by atoms with Crippen LogP contribution in [0.4, 0.5) is 5.13 Å². The van der Waals surface area contributed by atoms with Gasteiger partial charge in [-0.05, 0) is 25.8 Å². The van der Waals surface area contributed by atoms with Crippen LogP contribution in [0, 0.1) is 0 Å². The molecule has 0 aliphatic carbocycles. The van der Waals surface area contributed by atoms with Crippen molar-refractivity contribution in [2.45, 2.75) is 57.0 Å². The van der Waals surface area contributed by atoms with Gasteiger partial charge in [-0.15, -0.1) is 20.4 Å². The Balaban J connectivity index is 1.50. The molecule has 178 valence electrons. The average molecular weight is 500 g/mol. The molecule has 0 fully saturated rings. The van der Waals surface area contributed by atoms with Gasteiger partial charge in [-0.25, -0.2) is 4.98 Å². The van der Waals surface area contributed by atoms with Crippen LogP contribution in [0.15, 0.2) is 29.4 Å². The van der Waals surface area contributed by atoms with E-state index in [1.165, 1.54) is 11.8 Å². The molecule has 0 radical (unpaired) electrons. The van der Waals surface area contributed by atoms with E-state index in [9.17, 15) is 9.59 Å². The molecule has 0 saturated heterocycles. The first-order valence-corrected chi connectivity index (χ1v) is 12.8. The fourth-order valence-corrected chi connectivity index (χ4v) is 5.08. The number of rotatable bonds is 10. The number of anilines is 1.